The Bertz CT molecular complexity index is 219. The van der Waals surface area contributed by atoms with Crippen molar-refractivity contribution in [1.82, 2.24) is 4.98 Å². The van der Waals surface area contributed by atoms with Crippen molar-refractivity contribution in [2.24, 2.45) is 0 Å². The summed E-state index contributed by atoms with van der Waals surface area (Å²) in [7, 11) is 0. The molecule has 0 unspecified atom stereocenters. The minimum absolute atomic E-state index is 0.440. The van der Waals surface area contributed by atoms with Crippen LogP contribution in [0, 0.1) is 6.92 Å². The minimum atomic E-state index is 0.440. The Balaban J connectivity index is 2.92. The van der Waals surface area contributed by atoms with E-state index >= 15 is 0 Å². The average Bonchev–Trinajstić information content (AvgIpc) is 2.30. The fourth-order valence-corrected chi connectivity index (χ4v) is 1.01. The van der Waals surface area contributed by atoms with Crippen LogP contribution in [-0.4, -0.2) is 4.98 Å². The van der Waals surface area contributed by atoms with Crippen molar-refractivity contribution in [3.63, 3.8) is 0 Å². The second kappa shape index (κ2) is 3.06. The van der Waals surface area contributed by atoms with Crippen LogP contribution < -0.4 is 0 Å². The zero-order chi connectivity index (χ0) is 7.56. The van der Waals surface area contributed by atoms with Crippen LogP contribution in [0.25, 0.3) is 0 Å². The molecule has 1 heterocycles. The quantitative estimate of drug-likeness (QED) is 0.619. The van der Waals surface area contributed by atoms with Crippen LogP contribution in [0.5, 0.6) is 0 Å². The number of nitrogens with zero attached hydrogens (tertiary/aromatic N) is 1. The van der Waals surface area contributed by atoms with Crippen LogP contribution in [0.15, 0.2) is 4.42 Å². The first-order valence-electron chi connectivity index (χ1n) is 3.29. The average molecular weight is 160 g/mol. The van der Waals surface area contributed by atoms with Crippen molar-refractivity contribution in [2.45, 2.75) is 26.1 Å². The molecule has 0 aliphatic rings. The van der Waals surface area contributed by atoms with Gasteiger partial charge in [-0.05, 0) is 6.92 Å². The minimum Gasteiger partial charge on any atom is -0.446 e. The van der Waals surface area contributed by atoms with Gasteiger partial charge in [-0.1, -0.05) is 6.92 Å². The number of halogens is 1. The van der Waals surface area contributed by atoms with E-state index in [2.05, 4.69) is 4.98 Å². The molecule has 0 saturated heterocycles. The maximum atomic E-state index is 5.58. The van der Waals surface area contributed by atoms with Crippen LogP contribution in [0.4, 0.5) is 0 Å². The molecule has 0 aliphatic heterocycles. The molecule has 0 atom stereocenters. The second-order valence-electron chi connectivity index (χ2n) is 2.10. The highest BCUT2D eigenvalue weighted by molar-refractivity contribution is 6.16. The van der Waals surface area contributed by atoms with E-state index in [0.29, 0.717) is 5.88 Å². The molecule has 1 rings (SSSR count). The lowest BCUT2D eigenvalue weighted by Gasteiger charge is -1.82. The van der Waals surface area contributed by atoms with E-state index in [1.807, 2.05) is 13.8 Å². The molecule has 0 N–H and O–H groups in total. The van der Waals surface area contributed by atoms with Crippen LogP contribution in [0.3, 0.4) is 0 Å². The van der Waals surface area contributed by atoms with Crippen LogP contribution in [0.1, 0.15) is 24.3 Å². The number of aromatic nitrogens is 1. The molecule has 1 aromatic heterocycles. The zero-order valence-electron chi connectivity index (χ0n) is 6.15. The predicted molar refractivity (Wildman–Crippen MR) is 40.2 cm³/mol. The molecule has 10 heavy (non-hydrogen) atoms. The highest BCUT2D eigenvalue weighted by Gasteiger charge is 2.05. The molecule has 56 valence electrons. The highest BCUT2D eigenvalue weighted by Crippen LogP contribution is 2.11. The Morgan fingerprint density at radius 2 is 2.30 bits per heavy atom. The van der Waals surface area contributed by atoms with Crippen LogP contribution in [0.2, 0.25) is 0 Å². The molecular formula is C7H10ClNO. The first-order chi connectivity index (χ1) is 4.77. The number of aryl methyl sites for hydroxylation is 2. The zero-order valence-corrected chi connectivity index (χ0v) is 6.90. The normalized spacial score (nSPS) is 10.3. The van der Waals surface area contributed by atoms with Crippen LogP contribution >= 0.6 is 11.6 Å². The number of hydrogen-bond acceptors (Lipinski definition) is 2. The van der Waals surface area contributed by atoms with Gasteiger partial charge in [-0.3, -0.25) is 0 Å². The van der Waals surface area contributed by atoms with E-state index in [0.717, 1.165) is 23.8 Å². The molecule has 0 aromatic carbocycles. The second-order valence-corrected chi connectivity index (χ2v) is 2.36. The summed E-state index contributed by atoms with van der Waals surface area (Å²) in [6.45, 7) is 3.88. The molecule has 0 amide bonds. The van der Waals surface area contributed by atoms with Crippen LogP contribution in [-0.2, 0) is 12.3 Å². The molecule has 0 saturated carbocycles. The maximum Gasteiger partial charge on any atom is 0.194 e. The van der Waals surface area contributed by atoms with Crippen molar-refractivity contribution < 1.29 is 4.42 Å². The van der Waals surface area contributed by atoms with Gasteiger partial charge in [0.2, 0.25) is 0 Å². The van der Waals surface area contributed by atoms with Gasteiger partial charge in [0, 0.05) is 6.42 Å². The molecule has 3 heteroatoms. The lowest BCUT2D eigenvalue weighted by molar-refractivity contribution is 0.476. The Kier molecular flexibility index (Phi) is 2.33. The summed E-state index contributed by atoms with van der Waals surface area (Å²) < 4.78 is 5.26. The topological polar surface area (TPSA) is 26.0 Å². The van der Waals surface area contributed by atoms with Gasteiger partial charge in [-0.2, -0.15) is 0 Å². The van der Waals surface area contributed by atoms with Crippen molar-refractivity contribution in [3.8, 4) is 0 Å². The standard InChI is InChI=1S/C7H10ClNO/c1-3-7-9-6(4-8)5(2)10-7/h3-4H2,1-2H3. The Morgan fingerprint density at radius 3 is 2.60 bits per heavy atom. The monoisotopic (exact) mass is 159 g/mol. The molecule has 0 aliphatic carbocycles. The SMILES string of the molecule is CCc1nc(CCl)c(C)o1. The first-order valence-corrected chi connectivity index (χ1v) is 3.82. The summed E-state index contributed by atoms with van der Waals surface area (Å²) in [5.41, 5.74) is 0.860. The largest absolute Gasteiger partial charge is 0.446 e. The number of rotatable bonds is 2. The van der Waals surface area contributed by atoms with Gasteiger partial charge >= 0.3 is 0 Å². The molecule has 1 aromatic rings. The Morgan fingerprint density at radius 1 is 1.60 bits per heavy atom. The third-order valence-corrected chi connectivity index (χ3v) is 1.62. The fourth-order valence-electron chi connectivity index (χ4n) is 0.763. The first kappa shape index (κ1) is 7.61. The van der Waals surface area contributed by atoms with Crippen molar-refractivity contribution in [3.05, 3.63) is 17.3 Å². The molecule has 0 spiro atoms. The third kappa shape index (κ3) is 1.32. The van der Waals surface area contributed by atoms with Gasteiger partial charge in [0.25, 0.3) is 0 Å². The van der Waals surface area contributed by atoms with Crippen molar-refractivity contribution >= 4 is 11.6 Å². The van der Waals surface area contributed by atoms with Gasteiger partial charge in [-0.25, -0.2) is 4.98 Å². The van der Waals surface area contributed by atoms with Gasteiger partial charge in [0.1, 0.15) is 5.76 Å². The van der Waals surface area contributed by atoms with Crippen molar-refractivity contribution in [2.75, 3.05) is 0 Å². The summed E-state index contributed by atoms with van der Waals surface area (Å²) in [6.07, 6.45) is 0.831. The summed E-state index contributed by atoms with van der Waals surface area (Å²) in [5, 5.41) is 0. The molecule has 2 nitrogen and oxygen atoms in total. The third-order valence-electron chi connectivity index (χ3n) is 1.37. The maximum absolute atomic E-state index is 5.58. The number of hydrogen-bond donors (Lipinski definition) is 0. The van der Waals surface area contributed by atoms with E-state index < -0.39 is 0 Å². The molecule has 0 fully saturated rings. The molecule has 0 radical (unpaired) electrons. The summed E-state index contributed by atoms with van der Waals surface area (Å²) in [4.78, 5) is 4.15. The summed E-state index contributed by atoms with van der Waals surface area (Å²) in [5.74, 6) is 2.05. The smallest absolute Gasteiger partial charge is 0.194 e. The number of alkyl halides is 1. The predicted octanol–water partition coefficient (Wildman–Crippen LogP) is 2.28. The molecule has 0 bridgehead atoms. The van der Waals surface area contributed by atoms with E-state index in [1.165, 1.54) is 0 Å². The lowest BCUT2D eigenvalue weighted by atomic mass is 10.4. The van der Waals surface area contributed by atoms with E-state index in [9.17, 15) is 0 Å². The van der Waals surface area contributed by atoms with Gasteiger partial charge in [0.15, 0.2) is 5.89 Å². The van der Waals surface area contributed by atoms with E-state index in [1.54, 1.807) is 0 Å². The van der Waals surface area contributed by atoms with E-state index in [-0.39, 0.29) is 0 Å². The fraction of sp³-hybridized carbons (Fsp3) is 0.571. The summed E-state index contributed by atoms with van der Waals surface area (Å²) in [6, 6.07) is 0. The van der Waals surface area contributed by atoms with Crippen molar-refractivity contribution in [1.29, 1.82) is 0 Å². The summed E-state index contributed by atoms with van der Waals surface area (Å²) >= 11 is 5.58. The van der Waals surface area contributed by atoms with Gasteiger partial charge < -0.3 is 4.42 Å². The highest BCUT2D eigenvalue weighted by atomic mass is 35.5. The number of oxazole rings is 1. The Labute approximate surface area is 65.2 Å². The lowest BCUT2D eigenvalue weighted by Crippen LogP contribution is -1.81. The molecular weight excluding hydrogens is 150 g/mol. The van der Waals surface area contributed by atoms with Gasteiger partial charge in [0.05, 0.1) is 11.6 Å². The van der Waals surface area contributed by atoms with Gasteiger partial charge in [-0.15, -0.1) is 11.6 Å². The van der Waals surface area contributed by atoms with E-state index in [4.69, 9.17) is 16.0 Å². The Hall–Kier alpha value is -0.500.